The molecule has 3 aromatic carbocycles. The number of nitro benzene ring substituents is 1. The van der Waals surface area contributed by atoms with E-state index >= 15 is 0 Å². The van der Waals surface area contributed by atoms with E-state index in [1.54, 1.807) is 24.3 Å². The summed E-state index contributed by atoms with van der Waals surface area (Å²) >= 11 is 5.90. The number of carbonyl (C=O) groups excluding carboxylic acids is 1. The first-order valence-electron chi connectivity index (χ1n) is 9.44. The van der Waals surface area contributed by atoms with Crippen molar-refractivity contribution in [2.45, 2.75) is 18.0 Å². The minimum absolute atomic E-state index is 0.104. The van der Waals surface area contributed by atoms with E-state index in [1.165, 1.54) is 6.26 Å². The van der Waals surface area contributed by atoms with E-state index in [2.05, 4.69) is 4.58 Å². The Morgan fingerprint density at radius 1 is 1.09 bits per heavy atom. The van der Waals surface area contributed by atoms with Gasteiger partial charge >= 0.3 is 6.18 Å². The largest absolute Gasteiger partial charge is 0.456 e. The first-order valence-corrected chi connectivity index (χ1v) is 11.8. The molecule has 0 aliphatic rings. The van der Waals surface area contributed by atoms with Gasteiger partial charge in [0.25, 0.3) is 5.69 Å². The van der Waals surface area contributed by atoms with Crippen molar-refractivity contribution < 1.29 is 27.6 Å². The fourth-order valence-electron chi connectivity index (χ4n) is 2.99. The summed E-state index contributed by atoms with van der Waals surface area (Å²) in [6.45, 7) is 1.81. The van der Waals surface area contributed by atoms with Crippen molar-refractivity contribution in [2.24, 2.45) is 4.58 Å². The summed E-state index contributed by atoms with van der Waals surface area (Å²) in [7, 11) is -3.06. The number of hydrogen-bond acceptors (Lipinski definition) is 6. The van der Waals surface area contributed by atoms with Gasteiger partial charge in [-0.25, -0.2) is 0 Å². The van der Waals surface area contributed by atoms with E-state index in [0.717, 1.165) is 35.9 Å². The van der Waals surface area contributed by atoms with Crippen LogP contribution in [-0.4, -0.2) is 16.3 Å². The average Bonchev–Trinajstić information content (AvgIpc) is 2.79. The second kappa shape index (κ2) is 9.43. The number of nitroso groups, excluding NO2 is 1. The number of alkyl halides is 3. The van der Waals surface area contributed by atoms with Gasteiger partial charge in [-0.2, -0.15) is 13.2 Å². The van der Waals surface area contributed by atoms with Crippen molar-refractivity contribution in [3.63, 3.8) is 0 Å². The summed E-state index contributed by atoms with van der Waals surface area (Å²) in [6.07, 6.45) is -3.29. The average molecular weight is 513 g/mol. The number of aryl methyl sites for hydroxylation is 1. The lowest BCUT2D eigenvalue weighted by Crippen LogP contribution is -2.12. The molecule has 0 radical (unpaired) electrons. The van der Waals surface area contributed by atoms with Gasteiger partial charge in [0, 0.05) is 11.0 Å². The Balaban J connectivity index is 2.04. The molecule has 0 aliphatic carbocycles. The third-order valence-corrected chi connectivity index (χ3v) is 7.59. The first-order chi connectivity index (χ1) is 15.9. The Morgan fingerprint density at radius 2 is 1.74 bits per heavy atom. The Bertz CT molecular complexity index is 1280. The molecule has 0 fully saturated rings. The number of halogens is 4. The van der Waals surface area contributed by atoms with Gasteiger partial charge in [0.2, 0.25) is 5.12 Å². The monoisotopic (exact) mass is 512 g/mol. The third kappa shape index (κ3) is 5.05. The Kier molecular flexibility index (Phi) is 6.99. The van der Waals surface area contributed by atoms with Crippen LogP contribution in [0.2, 0.25) is 5.02 Å². The van der Waals surface area contributed by atoms with Gasteiger partial charge in [-0.05, 0) is 70.4 Å². The van der Waals surface area contributed by atoms with Crippen molar-refractivity contribution in [1.29, 1.82) is 0 Å². The van der Waals surface area contributed by atoms with Crippen LogP contribution in [0.5, 0.6) is 11.5 Å². The minimum atomic E-state index is -4.61. The Hall–Kier alpha value is -3.44. The first kappa shape index (κ1) is 25.2. The molecule has 0 N–H and O–H groups in total. The van der Waals surface area contributed by atoms with E-state index < -0.39 is 43.2 Å². The van der Waals surface area contributed by atoms with Crippen molar-refractivity contribution in [3.05, 3.63) is 97.4 Å². The van der Waals surface area contributed by atoms with Crippen molar-refractivity contribution in [2.75, 3.05) is 6.26 Å². The number of benzene rings is 3. The molecule has 178 valence electrons. The molecule has 0 amide bonds. The maximum Gasteiger partial charge on any atom is 0.416 e. The van der Waals surface area contributed by atoms with E-state index in [4.69, 9.17) is 16.3 Å². The lowest BCUT2D eigenvalue weighted by atomic mass is 10.2. The van der Waals surface area contributed by atoms with Gasteiger partial charge in [-0.3, -0.25) is 14.9 Å². The predicted octanol–water partition coefficient (Wildman–Crippen LogP) is 7.68. The van der Waals surface area contributed by atoms with Crippen LogP contribution < -0.4 is 4.74 Å². The summed E-state index contributed by atoms with van der Waals surface area (Å²) in [6, 6.07) is 12.1. The molecule has 0 heterocycles. The molecule has 0 aliphatic heterocycles. The zero-order chi connectivity index (χ0) is 25.3. The highest BCUT2D eigenvalue weighted by Crippen LogP contribution is 2.57. The zero-order valence-electron chi connectivity index (χ0n) is 17.6. The van der Waals surface area contributed by atoms with Crippen LogP contribution in [0.25, 0.3) is 0 Å². The molecule has 7 nitrogen and oxygen atoms in total. The Labute approximate surface area is 198 Å². The van der Waals surface area contributed by atoms with Gasteiger partial charge < -0.3 is 4.74 Å². The molecule has 0 bridgehead atoms. The minimum Gasteiger partial charge on any atom is -0.456 e. The van der Waals surface area contributed by atoms with Crippen molar-refractivity contribution in [3.8, 4) is 11.5 Å². The second-order valence-corrected chi connectivity index (χ2v) is 10.4. The lowest BCUT2D eigenvalue weighted by Gasteiger charge is -2.25. The second-order valence-electron chi connectivity index (χ2n) is 7.23. The van der Waals surface area contributed by atoms with Crippen LogP contribution in [0.4, 0.5) is 18.9 Å². The van der Waals surface area contributed by atoms with Crippen LogP contribution in [0.1, 0.15) is 21.5 Å². The zero-order valence-corrected chi connectivity index (χ0v) is 19.2. The van der Waals surface area contributed by atoms with E-state index in [1.807, 2.05) is 6.92 Å². The molecule has 0 saturated carbocycles. The van der Waals surface area contributed by atoms with E-state index in [0.29, 0.717) is 11.0 Å². The third-order valence-electron chi connectivity index (χ3n) is 4.86. The highest BCUT2D eigenvalue weighted by molar-refractivity contribution is 8.44. The van der Waals surface area contributed by atoms with E-state index in [-0.39, 0.29) is 16.5 Å². The van der Waals surface area contributed by atoms with Crippen LogP contribution in [0, 0.1) is 21.9 Å². The smallest absolute Gasteiger partial charge is 0.416 e. The quantitative estimate of drug-likeness (QED) is 0.191. The molecule has 1 unspecified atom stereocenters. The number of hydrogen-bond donors (Lipinski definition) is 0. The SMILES string of the molecule is Cc1ccc(S(C)(N=O)C(=O)c2cc(Oc3ccc(C(F)(F)F)cc3Cl)ccc2[N+](=O)[O-])cc1. The molecule has 3 aromatic rings. The summed E-state index contributed by atoms with van der Waals surface area (Å²) in [4.78, 5) is 36.2. The van der Waals surface area contributed by atoms with Crippen LogP contribution in [-0.2, 0) is 6.18 Å². The molecular weight excluding hydrogens is 497 g/mol. The molecule has 12 heteroatoms. The number of carbonyl (C=O) groups is 1. The predicted molar refractivity (Wildman–Crippen MR) is 123 cm³/mol. The number of nitro groups is 1. The molecule has 0 aromatic heterocycles. The van der Waals surface area contributed by atoms with Crippen LogP contribution in [0.15, 0.2) is 70.1 Å². The highest BCUT2D eigenvalue weighted by atomic mass is 35.5. The molecule has 3 rings (SSSR count). The fourth-order valence-corrected chi connectivity index (χ4v) is 4.83. The summed E-state index contributed by atoms with van der Waals surface area (Å²) < 4.78 is 47.1. The van der Waals surface area contributed by atoms with Gasteiger partial charge in [0.05, 0.1) is 15.5 Å². The fraction of sp³-hybridized carbons (Fsp3) is 0.136. The van der Waals surface area contributed by atoms with Gasteiger partial charge in [-0.15, -0.1) is 4.91 Å². The number of rotatable bonds is 6. The maximum atomic E-state index is 13.4. The van der Waals surface area contributed by atoms with Gasteiger partial charge in [0.1, 0.15) is 17.1 Å². The topological polar surface area (TPSA) is 98.9 Å². The molecule has 1 atom stereocenters. The maximum absolute atomic E-state index is 13.4. The Morgan fingerprint density at radius 3 is 2.26 bits per heavy atom. The van der Waals surface area contributed by atoms with Gasteiger partial charge in [0.15, 0.2) is 0 Å². The van der Waals surface area contributed by atoms with Crippen molar-refractivity contribution in [1.82, 2.24) is 0 Å². The normalized spacial score (nSPS) is 14.1. The van der Waals surface area contributed by atoms with E-state index in [9.17, 15) is 33.0 Å². The van der Waals surface area contributed by atoms with Crippen LogP contribution in [0.3, 0.4) is 0 Å². The molecule has 0 saturated heterocycles. The standard InChI is InChI=1S/C22H16ClF3N2O5S/c1-13-3-7-16(8-4-13)34(2,27-30)21(29)17-12-15(6-9-19(17)28(31)32)33-20-10-5-14(11-18(20)23)22(24,25)26/h3-12H,1-2H3. The lowest BCUT2D eigenvalue weighted by molar-refractivity contribution is -0.385. The molecule has 34 heavy (non-hydrogen) atoms. The summed E-state index contributed by atoms with van der Waals surface area (Å²) in [5, 5.41) is 10.3. The van der Waals surface area contributed by atoms with Crippen molar-refractivity contribution >= 4 is 32.6 Å². The number of ether oxygens (including phenoxy) is 1. The molecule has 0 spiro atoms. The molecular formula is C22H16ClF3N2O5S. The summed E-state index contributed by atoms with van der Waals surface area (Å²) in [5.74, 6) is -0.267. The number of nitrogens with zero attached hydrogens (tertiary/aromatic N) is 2. The summed E-state index contributed by atoms with van der Waals surface area (Å²) in [5.41, 5.74) is -1.12. The van der Waals surface area contributed by atoms with Crippen LogP contribution >= 0.6 is 21.8 Å². The van der Waals surface area contributed by atoms with Gasteiger partial charge in [-0.1, -0.05) is 29.3 Å². The highest BCUT2D eigenvalue weighted by Gasteiger charge is 2.37.